The molecule has 0 rings (SSSR count). The van der Waals surface area contributed by atoms with Crippen LogP contribution in [-0.2, 0) is 23.9 Å². The molecule has 54 heavy (non-hydrogen) atoms. The number of hydrogen-bond acceptors (Lipinski definition) is 6. The summed E-state index contributed by atoms with van der Waals surface area (Å²) in [6.45, 7) is 3.34. The Hall–Kier alpha value is -3.46. The highest BCUT2D eigenvalue weighted by Gasteiger charge is 2.19. The van der Waals surface area contributed by atoms with Gasteiger partial charge in [0.05, 0.1) is 13.2 Å². The summed E-state index contributed by atoms with van der Waals surface area (Å²) in [6, 6.07) is -1.38. The van der Waals surface area contributed by atoms with Crippen molar-refractivity contribution in [1.82, 2.24) is 10.6 Å². The number of carbonyl (C=O) groups excluding carboxylic acids is 3. The molecule has 308 valence electrons. The van der Waals surface area contributed by atoms with Gasteiger partial charge in [-0.15, -0.1) is 0 Å². The van der Waals surface area contributed by atoms with Gasteiger partial charge in [0.2, 0.25) is 11.8 Å². The fraction of sp³-hybridized carbons (Fsp3) is 0.689. The van der Waals surface area contributed by atoms with Crippen molar-refractivity contribution in [2.75, 3.05) is 13.2 Å². The van der Waals surface area contributed by atoms with Crippen LogP contribution in [0, 0.1) is 0 Å². The Labute approximate surface area is 328 Å². The van der Waals surface area contributed by atoms with Crippen LogP contribution >= 0.6 is 0 Å². The van der Waals surface area contributed by atoms with Crippen LogP contribution < -0.4 is 10.6 Å². The molecule has 0 aliphatic carbocycles. The monoisotopic (exact) mass is 757 g/mol. The van der Waals surface area contributed by atoms with E-state index in [9.17, 15) is 19.2 Å². The number of hydrogen-bond donors (Lipinski definition) is 4. The molecule has 0 saturated carbocycles. The third kappa shape index (κ3) is 35.6. The standard InChI is InChI=1S/C45H76N2O7/c1-3-5-7-9-11-12-13-14-15-16-17-18-19-20-21-22-24-29-33-37-44(51)54-40(34-30-26-23-10-8-6-4-2)35-31-27-25-28-32-36-42(49)46-38-43(50)47-41(39-48)45(52)53/h5,7,11-12,14-15,17-18,20-21,40-41,48H,3-4,6,8-10,13,16,19,22-39H2,1-2H3,(H,46,49)(H,47,50)(H,52,53)/b7-5-,12-11-,15-14-,18-17-,21-20-. The first-order valence-corrected chi connectivity index (χ1v) is 21.2. The van der Waals surface area contributed by atoms with Crippen LogP contribution in [-0.4, -0.2) is 59.3 Å². The Morgan fingerprint density at radius 2 is 1.06 bits per heavy atom. The lowest BCUT2D eigenvalue weighted by Crippen LogP contribution is -2.47. The molecule has 0 aromatic heterocycles. The molecule has 0 saturated heterocycles. The molecule has 9 heteroatoms. The molecule has 4 N–H and O–H groups in total. The first-order chi connectivity index (χ1) is 26.3. The Kier molecular flexibility index (Phi) is 36.7. The van der Waals surface area contributed by atoms with E-state index < -0.39 is 24.5 Å². The highest BCUT2D eigenvalue weighted by Crippen LogP contribution is 2.18. The number of nitrogens with one attached hydrogen (secondary N) is 2. The van der Waals surface area contributed by atoms with Gasteiger partial charge in [0.15, 0.2) is 0 Å². The molecule has 2 atom stereocenters. The van der Waals surface area contributed by atoms with E-state index in [1.807, 2.05) is 0 Å². The molecular weight excluding hydrogens is 681 g/mol. The van der Waals surface area contributed by atoms with Crippen LogP contribution in [0.25, 0.3) is 0 Å². The lowest BCUT2D eigenvalue weighted by molar-refractivity contribution is -0.150. The molecule has 0 aliphatic heterocycles. The first-order valence-electron chi connectivity index (χ1n) is 21.2. The van der Waals surface area contributed by atoms with Crippen molar-refractivity contribution in [2.45, 2.75) is 187 Å². The van der Waals surface area contributed by atoms with Crippen LogP contribution in [0.3, 0.4) is 0 Å². The highest BCUT2D eigenvalue weighted by atomic mass is 16.5. The number of esters is 1. The predicted molar refractivity (Wildman–Crippen MR) is 222 cm³/mol. The Morgan fingerprint density at radius 3 is 1.59 bits per heavy atom. The maximum Gasteiger partial charge on any atom is 0.328 e. The molecule has 2 unspecified atom stereocenters. The summed E-state index contributed by atoms with van der Waals surface area (Å²) in [5, 5.41) is 22.5. The normalized spacial score (nSPS) is 13.1. The highest BCUT2D eigenvalue weighted by molar-refractivity contribution is 5.87. The average molecular weight is 757 g/mol. The van der Waals surface area contributed by atoms with Crippen LogP contribution in [0.5, 0.6) is 0 Å². The number of carboxylic acid groups (broad SMARTS) is 1. The number of unbranched alkanes of at least 4 members (excludes halogenated alkanes) is 13. The summed E-state index contributed by atoms with van der Waals surface area (Å²) in [5.41, 5.74) is 0. The summed E-state index contributed by atoms with van der Waals surface area (Å²) >= 11 is 0. The molecule has 0 spiro atoms. The Morgan fingerprint density at radius 1 is 0.574 bits per heavy atom. The Balaban J connectivity index is 4.23. The topological polar surface area (TPSA) is 142 Å². The number of ether oxygens (including phenoxy) is 1. The number of carboxylic acids is 1. The van der Waals surface area contributed by atoms with Gasteiger partial charge in [0.25, 0.3) is 0 Å². The van der Waals surface area contributed by atoms with Crippen molar-refractivity contribution in [3.8, 4) is 0 Å². The second-order valence-corrected chi connectivity index (χ2v) is 14.1. The van der Waals surface area contributed by atoms with E-state index in [-0.39, 0.29) is 30.9 Å². The molecule has 0 aromatic rings. The van der Waals surface area contributed by atoms with Crippen LogP contribution in [0.1, 0.15) is 174 Å². The number of allylic oxidation sites excluding steroid dienone is 10. The Bertz CT molecular complexity index is 1100. The molecule has 2 amide bonds. The van der Waals surface area contributed by atoms with Gasteiger partial charge in [-0.25, -0.2) is 4.79 Å². The number of amides is 2. The van der Waals surface area contributed by atoms with Crippen LogP contribution in [0.15, 0.2) is 60.8 Å². The van der Waals surface area contributed by atoms with E-state index in [2.05, 4.69) is 85.2 Å². The second-order valence-electron chi connectivity index (χ2n) is 14.1. The van der Waals surface area contributed by atoms with Gasteiger partial charge < -0.3 is 25.6 Å². The van der Waals surface area contributed by atoms with Crippen molar-refractivity contribution in [2.24, 2.45) is 0 Å². The fourth-order valence-corrected chi connectivity index (χ4v) is 5.80. The number of aliphatic hydroxyl groups is 1. The summed E-state index contributed by atoms with van der Waals surface area (Å²) in [4.78, 5) is 47.4. The van der Waals surface area contributed by atoms with E-state index in [0.29, 0.717) is 12.8 Å². The zero-order chi connectivity index (χ0) is 39.7. The molecule has 0 radical (unpaired) electrons. The quantitative estimate of drug-likeness (QED) is 0.0281. The molecule has 0 aliphatic rings. The SMILES string of the molecule is CC/C=C\C/C=C\C/C=C\C/C=C\C/C=C\CCCCCC(=O)OC(CCCCCCCCC)CCCCCCCC(=O)NCC(=O)NC(CO)C(=O)O. The lowest BCUT2D eigenvalue weighted by Gasteiger charge is -2.18. The van der Waals surface area contributed by atoms with E-state index in [0.717, 1.165) is 103 Å². The minimum atomic E-state index is -1.38. The minimum Gasteiger partial charge on any atom is -0.480 e. The molecular formula is C45H76N2O7. The van der Waals surface area contributed by atoms with E-state index >= 15 is 0 Å². The summed E-state index contributed by atoms with van der Waals surface area (Å²) in [7, 11) is 0. The summed E-state index contributed by atoms with van der Waals surface area (Å²) < 4.78 is 5.98. The van der Waals surface area contributed by atoms with Gasteiger partial charge in [0, 0.05) is 12.8 Å². The maximum atomic E-state index is 12.7. The largest absolute Gasteiger partial charge is 0.480 e. The lowest BCUT2D eigenvalue weighted by atomic mass is 10.0. The van der Waals surface area contributed by atoms with Gasteiger partial charge in [-0.2, -0.15) is 0 Å². The summed E-state index contributed by atoms with van der Waals surface area (Å²) in [6.07, 6.45) is 46.8. The molecule has 9 nitrogen and oxygen atoms in total. The van der Waals surface area contributed by atoms with E-state index in [1.54, 1.807) is 0 Å². The van der Waals surface area contributed by atoms with Gasteiger partial charge in [-0.05, 0) is 83.5 Å². The van der Waals surface area contributed by atoms with Gasteiger partial charge in [-0.3, -0.25) is 14.4 Å². The van der Waals surface area contributed by atoms with Crippen LogP contribution in [0.2, 0.25) is 0 Å². The first kappa shape index (κ1) is 50.5. The van der Waals surface area contributed by atoms with E-state index in [4.69, 9.17) is 14.9 Å². The van der Waals surface area contributed by atoms with Gasteiger partial charge in [0.1, 0.15) is 12.1 Å². The van der Waals surface area contributed by atoms with Gasteiger partial charge >= 0.3 is 11.9 Å². The van der Waals surface area contributed by atoms with Crippen LogP contribution in [0.4, 0.5) is 0 Å². The number of aliphatic carboxylic acids is 1. The zero-order valence-electron chi connectivity index (χ0n) is 34.0. The van der Waals surface area contributed by atoms with Gasteiger partial charge in [-0.1, -0.05) is 139 Å². The number of rotatable bonds is 37. The third-order valence-electron chi connectivity index (χ3n) is 9.03. The number of aliphatic hydroxyl groups excluding tert-OH is 1. The number of carbonyl (C=O) groups is 4. The van der Waals surface area contributed by atoms with Crippen molar-refractivity contribution in [3.63, 3.8) is 0 Å². The van der Waals surface area contributed by atoms with Crippen molar-refractivity contribution in [3.05, 3.63) is 60.8 Å². The van der Waals surface area contributed by atoms with Crippen molar-refractivity contribution >= 4 is 23.8 Å². The molecule has 0 fully saturated rings. The maximum absolute atomic E-state index is 12.7. The third-order valence-corrected chi connectivity index (χ3v) is 9.03. The zero-order valence-corrected chi connectivity index (χ0v) is 34.0. The molecule has 0 bridgehead atoms. The van der Waals surface area contributed by atoms with Crippen molar-refractivity contribution in [1.29, 1.82) is 0 Å². The predicted octanol–water partition coefficient (Wildman–Crippen LogP) is 10.1. The van der Waals surface area contributed by atoms with Crippen molar-refractivity contribution < 1.29 is 34.1 Å². The van der Waals surface area contributed by atoms with E-state index in [1.165, 1.54) is 38.5 Å². The summed E-state index contributed by atoms with van der Waals surface area (Å²) in [5.74, 6) is -2.34. The fourth-order valence-electron chi connectivity index (χ4n) is 5.80. The second kappa shape index (κ2) is 39.2. The smallest absolute Gasteiger partial charge is 0.328 e. The average Bonchev–Trinajstić information content (AvgIpc) is 3.15. The molecule has 0 aromatic carbocycles. The molecule has 0 heterocycles. The minimum absolute atomic E-state index is 0.0297.